The van der Waals surface area contributed by atoms with Crippen LogP contribution >= 0.6 is 22.9 Å². The van der Waals surface area contributed by atoms with E-state index in [1.54, 1.807) is 35.7 Å². The number of benzene rings is 1. The van der Waals surface area contributed by atoms with Gasteiger partial charge in [0.25, 0.3) is 0 Å². The standard InChI is InChI=1S/C17H14ClN3O2S/c18-14-6-10(3-4-15(14)22)12-7-16(23)20-17-13(12)8-19-21(17)9-11-2-1-5-24-11/h1-6,8,12,22H,7,9H2,(H,20,23)/t12-/m0/s1. The molecule has 0 bridgehead atoms. The number of phenolic OH excluding ortho intramolecular Hbond substituents is 1. The van der Waals surface area contributed by atoms with Crippen LogP contribution in [0.25, 0.3) is 0 Å². The van der Waals surface area contributed by atoms with Crippen molar-refractivity contribution in [1.29, 1.82) is 0 Å². The first-order valence-corrected chi connectivity index (χ1v) is 8.74. The van der Waals surface area contributed by atoms with E-state index in [0.717, 1.165) is 16.9 Å². The number of fused-ring (bicyclic) bond motifs is 1. The van der Waals surface area contributed by atoms with Crippen LogP contribution in [-0.4, -0.2) is 20.8 Å². The summed E-state index contributed by atoms with van der Waals surface area (Å²) in [6.45, 7) is 0.621. The van der Waals surface area contributed by atoms with Gasteiger partial charge in [-0.25, -0.2) is 4.68 Å². The van der Waals surface area contributed by atoms with Crippen LogP contribution in [0.15, 0.2) is 41.9 Å². The summed E-state index contributed by atoms with van der Waals surface area (Å²) in [6, 6.07) is 9.10. The predicted octanol–water partition coefficient (Wildman–Crippen LogP) is 3.83. The number of amides is 1. The Labute approximate surface area is 147 Å². The summed E-state index contributed by atoms with van der Waals surface area (Å²) in [6.07, 6.45) is 2.13. The third-order valence-electron chi connectivity index (χ3n) is 4.15. The first-order chi connectivity index (χ1) is 11.6. The number of halogens is 1. The van der Waals surface area contributed by atoms with Crippen LogP contribution in [-0.2, 0) is 11.3 Å². The van der Waals surface area contributed by atoms with Crippen molar-refractivity contribution in [2.45, 2.75) is 18.9 Å². The molecule has 0 aliphatic carbocycles. The Hall–Kier alpha value is -2.31. The minimum Gasteiger partial charge on any atom is -0.506 e. The molecule has 5 nitrogen and oxygen atoms in total. The van der Waals surface area contributed by atoms with E-state index in [0.29, 0.717) is 13.0 Å². The first-order valence-electron chi connectivity index (χ1n) is 7.48. The third-order valence-corrected chi connectivity index (χ3v) is 5.31. The van der Waals surface area contributed by atoms with Crippen LogP contribution in [0, 0.1) is 0 Å². The van der Waals surface area contributed by atoms with Crippen molar-refractivity contribution in [1.82, 2.24) is 9.78 Å². The lowest BCUT2D eigenvalue weighted by Crippen LogP contribution is -2.25. The molecule has 3 heterocycles. The lowest BCUT2D eigenvalue weighted by molar-refractivity contribution is -0.116. The van der Waals surface area contributed by atoms with Gasteiger partial charge in [0.15, 0.2) is 0 Å². The fourth-order valence-electron chi connectivity index (χ4n) is 2.98. The van der Waals surface area contributed by atoms with Gasteiger partial charge in [-0.1, -0.05) is 23.7 Å². The fraction of sp³-hybridized carbons (Fsp3) is 0.176. The molecule has 0 unspecified atom stereocenters. The van der Waals surface area contributed by atoms with E-state index in [-0.39, 0.29) is 22.6 Å². The van der Waals surface area contributed by atoms with Gasteiger partial charge in [-0.3, -0.25) is 4.79 Å². The Kier molecular flexibility index (Phi) is 3.78. The summed E-state index contributed by atoms with van der Waals surface area (Å²) >= 11 is 7.68. The molecule has 1 aliphatic heterocycles. The Morgan fingerprint density at radius 3 is 3.04 bits per heavy atom. The van der Waals surface area contributed by atoms with Crippen molar-refractivity contribution in [2.24, 2.45) is 0 Å². The zero-order chi connectivity index (χ0) is 16.7. The summed E-state index contributed by atoms with van der Waals surface area (Å²) in [4.78, 5) is 13.4. The van der Waals surface area contributed by atoms with E-state index in [4.69, 9.17) is 11.6 Å². The second-order valence-electron chi connectivity index (χ2n) is 5.70. The van der Waals surface area contributed by atoms with Gasteiger partial charge in [-0.05, 0) is 29.1 Å². The zero-order valence-electron chi connectivity index (χ0n) is 12.6. The number of nitrogens with zero attached hydrogens (tertiary/aromatic N) is 2. The van der Waals surface area contributed by atoms with E-state index < -0.39 is 0 Å². The second kappa shape index (κ2) is 5.96. The molecule has 7 heteroatoms. The molecular formula is C17H14ClN3O2S. The minimum atomic E-state index is -0.121. The van der Waals surface area contributed by atoms with Crippen molar-refractivity contribution in [3.8, 4) is 5.75 Å². The fourth-order valence-corrected chi connectivity index (χ4v) is 3.85. The van der Waals surface area contributed by atoms with E-state index in [1.165, 1.54) is 4.88 Å². The highest BCUT2D eigenvalue weighted by Gasteiger charge is 2.30. The molecule has 0 saturated carbocycles. The van der Waals surface area contributed by atoms with Crippen molar-refractivity contribution in [3.05, 3.63) is 62.9 Å². The number of thiophene rings is 1. The smallest absolute Gasteiger partial charge is 0.226 e. The molecule has 1 amide bonds. The molecule has 2 aromatic heterocycles. The quantitative estimate of drug-likeness (QED) is 0.747. The minimum absolute atomic E-state index is 0.0364. The lowest BCUT2D eigenvalue weighted by Gasteiger charge is -2.24. The Morgan fingerprint density at radius 2 is 2.29 bits per heavy atom. The van der Waals surface area contributed by atoms with Crippen molar-refractivity contribution < 1.29 is 9.90 Å². The van der Waals surface area contributed by atoms with Gasteiger partial charge >= 0.3 is 0 Å². The molecule has 2 N–H and O–H groups in total. The number of rotatable bonds is 3. The van der Waals surface area contributed by atoms with Crippen LogP contribution < -0.4 is 5.32 Å². The Bertz CT molecular complexity index is 905. The van der Waals surface area contributed by atoms with Crippen LogP contribution in [0.2, 0.25) is 5.02 Å². The molecule has 0 spiro atoms. The van der Waals surface area contributed by atoms with Crippen molar-refractivity contribution in [2.75, 3.05) is 5.32 Å². The normalized spacial score (nSPS) is 16.7. The number of anilines is 1. The van der Waals surface area contributed by atoms with E-state index in [2.05, 4.69) is 10.4 Å². The second-order valence-corrected chi connectivity index (χ2v) is 7.14. The molecule has 1 aliphatic rings. The third kappa shape index (κ3) is 2.68. The first kappa shape index (κ1) is 15.2. The maximum absolute atomic E-state index is 12.2. The maximum Gasteiger partial charge on any atom is 0.226 e. The molecule has 0 fully saturated rings. The number of hydrogen-bond acceptors (Lipinski definition) is 4. The summed E-state index contributed by atoms with van der Waals surface area (Å²) in [7, 11) is 0. The predicted molar refractivity (Wildman–Crippen MR) is 93.9 cm³/mol. The molecule has 0 saturated heterocycles. The molecule has 1 atom stereocenters. The number of aromatic nitrogens is 2. The largest absolute Gasteiger partial charge is 0.506 e. The Morgan fingerprint density at radius 1 is 1.42 bits per heavy atom. The topological polar surface area (TPSA) is 67.1 Å². The van der Waals surface area contributed by atoms with Gasteiger partial charge in [-0.15, -0.1) is 11.3 Å². The monoisotopic (exact) mass is 359 g/mol. The lowest BCUT2D eigenvalue weighted by atomic mass is 9.87. The number of hydrogen-bond donors (Lipinski definition) is 2. The van der Waals surface area contributed by atoms with Gasteiger partial charge in [-0.2, -0.15) is 5.10 Å². The summed E-state index contributed by atoms with van der Waals surface area (Å²) < 4.78 is 1.81. The highest BCUT2D eigenvalue weighted by molar-refractivity contribution is 7.09. The van der Waals surface area contributed by atoms with Gasteiger partial charge < -0.3 is 10.4 Å². The zero-order valence-corrected chi connectivity index (χ0v) is 14.1. The number of carbonyl (C=O) groups is 1. The van der Waals surface area contributed by atoms with Crippen LogP contribution in [0.4, 0.5) is 5.82 Å². The number of nitrogens with one attached hydrogen (secondary N) is 1. The highest BCUT2D eigenvalue weighted by atomic mass is 35.5. The average Bonchev–Trinajstić information content (AvgIpc) is 3.20. The Balaban J connectivity index is 1.73. The van der Waals surface area contributed by atoms with E-state index in [9.17, 15) is 9.90 Å². The van der Waals surface area contributed by atoms with E-state index in [1.807, 2.05) is 22.2 Å². The van der Waals surface area contributed by atoms with Crippen LogP contribution in [0.1, 0.15) is 28.3 Å². The molecule has 24 heavy (non-hydrogen) atoms. The number of phenols is 1. The average molecular weight is 360 g/mol. The molecular weight excluding hydrogens is 346 g/mol. The molecule has 0 radical (unpaired) electrons. The van der Waals surface area contributed by atoms with Crippen LogP contribution in [0.5, 0.6) is 5.75 Å². The van der Waals surface area contributed by atoms with Crippen molar-refractivity contribution in [3.63, 3.8) is 0 Å². The summed E-state index contributed by atoms with van der Waals surface area (Å²) in [5, 5.41) is 19.3. The molecule has 122 valence electrons. The number of aromatic hydroxyl groups is 1. The van der Waals surface area contributed by atoms with Crippen molar-refractivity contribution >= 4 is 34.7 Å². The van der Waals surface area contributed by atoms with Gasteiger partial charge in [0.2, 0.25) is 5.91 Å². The molecule has 3 aromatic rings. The SMILES string of the molecule is O=C1C[C@@H](c2ccc(O)c(Cl)c2)c2cnn(Cc3cccs3)c2N1. The van der Waals surface area contributed by atoms with Crippen LogP contribution in [0.3, 0.4) is 0 Å². The summed E-state index contributed by atoms with van der Waals surface area (Å²) in [5.41, 5.74) is 1.86. The van der Waals surface area contributed by atoms with E-state index >= 15 is 0 Å². The van der Waals surface area contributed by atoms with Gasteiger partial charge in [0.1, 0.15) is 11.6 Å². The number of carbonyl (C=O) groups excluding carboxylic acids is 1. The van der Waals surface area contributed by atoms with Gasteiger partial charge in [0, 0.05) is 22.8 Å². The molecule has 1 aromatic carbocycles. The summed E-state index contributed by atoms with van der Waals surface area (Å²) in [5.74, 6) is 0.594. The maximum atomic E-state index is 12.2. The highest BCUT2D eigenvalue weighted by Crippen LogP contribution is 2.39. The van der Waals surface area contributed by atoms with Gasteiger partial charge in [0.05, 0.1) is 17.8 Å². The molecule has 4 rings (SSSR count).